The molecule has 2 rings (SSSR count). The van der Waals surface area contributed by atoms with E-state index in [1.807, 2.05) is 32.2 Å². The molecule has 0 aliphatic heterocycles. The molecule has 0 aliphatic carbocycles. The first-order valence-corrected chi connectivity index (χ1v) is 6.90. The van der Waals surface area contributed by atoms with E-state index in [-0.39, 0.29) is 0 Å². The number of nitrogens with zero attached hydrogens (tertiary/aromatic N) is 3. The predicted octanol–water partition coefficient (Wildman–Crippen LogP) is 3.26. The summed E-state index contributed by atoms with van der Waals surface area (Å²) in [4.78, 5) is 11.9. The van der Waals surface area contributed by atoms with Crippen LogP contribution < -0.4 is 10.2 Å². The fourth-order valence-electron chi connectivity index (χ4n) is 1.56. The van der Waals surface area contributed by atoms with E-state index in [9.17, 15) is 0 Å². The van der Waals surface area contributed by atoms with Crippen molar-refractivity contribution in [1.82, 2.24) is 9.97 Å². The van der Waals surface area contributed by atoms with Gasteiger partial charge < -0.3 is 10.2 Å². The molecule has 18 heavy (non-hydrogen) atoms. The molecule has 4 nitrogen and oxygen atoms in total. The molecule has 2 heterocycles. The standard InChI is InChI=1S/C12H15ClN4S/c1-3-14-12-15-7-6-11(16-12)17(2)8-9-4-5-10(13)18-9/h4-7H,3,8H2,1-2H3,(H,14,15,16). The summed E-state index contributed by atoms with van der Waals surface area (Å²) < 4.78 is 0.814. The number of hydrogen-bond donors (Lipinski definition) is 1. The van der Waals surface area contributed by atoms with Gasteiger partial charge in [0.25, 0.3) is 0 Å². The summed E-state index contributed by atoms with van der Waals surface area (Å²) in [6, 6.07) is 5.85. The zero-order valence-electron chi connectivity index (χ0n) is 10.4. The van der Waals surface area contributed by atoms with Gasteiger partial charge in [0, 0.05) is 24.7 Å². The largest absolute Gasteiger partial charge is 0.354 e. The van der Waals surface area contributed by atoms with Gasteiger partial charge in [0.05, 0.1) is 10.9 Å². The highest BCUT2D eigenvalue weighted by Crippen LogP contribution is 2.23. The summed E-state index contributed by atoms with van der Waals surface area (Å²) in [7, 11) is 2.01. The van der Waals surface area contributed by atoms with Crippen LogP contribution in [0.1, 0.15) is 11.8 Å². The SMILES string of the molecule is CCNc1nccc(N(C)Cc2ccc(Cl)s2)n1. The molecule has 96 valence electrons. The summed E-state index contributed by atoms with van der Waals surface area (Å²) in [6.45, 7) is 3.63. The van der Waals surface area contributed by atoms with Crippen molar-refractivity contribution in [2.24, 2.45) is 0 Å². The van der Waals surface area contributed by atoms with Gasteiger partial charge in [-0.15, -0.1) is 11.3 Å². The highest BCUT2D eigenvalue weighted by molar-refractivity contribution is 7.16. The molecule has 2 aromatic rings. The Morgan fingerprint density at radius 3 is 2.89 bits per heavy atom. The second-order valence-corrected chi connectivity index (χ2v) is 5.63. The molecule has 0 fully saturated rings. The van der Waals surface area contributed by atoms with Gasteiger partial charge in [0.2, 0.25) is 5.95 Å². The first-order valence-electron chi connectivity index (χ1n) is 5.71. The molecule has 1 N–H and O–H groups in total. The van der Waals surface area contributed by atoms with Crippen molar-refractivity contribution < 1.29 is 0 Å². The van der Waals surface area contributed by atoms with Crippen LogP contribution in [0.15, 0.2) is 24.4 Å². The Hall–Kier alpha value is -1.33. The van der Waals surface area contributed by atoms with Crippen LogP contribution in [0.4, 0.5) is 11.8 Å². The van der Waals surface area contributed by atoms with Gasteiger partial charge in [0.1, 0.15) is 5.82 Å². The molecule has 0 spiro atoms. The van der Waals surface area contributed by atoms with Crippen molar-refractivity contribution >= 4 is 34.7 Å². The molecule has 0 unspecified atom stereocenters. The third kappa shape index (κ3) is 3.34. The highest BCUT2D eigenvalue weighted by atomic mass is 35.5. The van der Waals surface area contributed by atoms with Gasteiger partial charge in [-0.05, 0) is 25.1 Å². The van der Waals surface area contributed by atoms with Crippen molar-refractivity contribution in [2.75, 3.05) is 23.8 Å². The average molecular weight is 283 g/mol. The van der Waals surface area contributed by atoms with Crippen LogP contribution in [0.3, 0.4) is 0 Å². The Bertz CT molecular complexity index is 514. The number of anilines is 2. The maximum atomic E-state index is 5.92. The van der Waals surface area contributed by atoms with Gasteiger partial charge in [0.15, 0.2) is 0 Å². The van der Waals surface area contributed by atoms with E-state index >= 15 is 0 Å². The van der Waals surface area contributed by atoms with Gasteiger partial charge in [-0.1, -0.05) is 11.6 Å². The van der Waals surface area contributed by atoms with Crippen molar-refractivity contribution in [1.29, 1.82) is 0 Å². The number of aromatic nitrogens is 2. The third-order valence-electron chi connectivity index (χ3n) is 2.39. The van der Waals surface area contributed by atoms with E-state index in [0.29, 0.717) is 5.95 Å². The molecule has 0 saturated heterocycles. The number of nitrogens with one attached hydrogen (secondary N) is 1. The van der Waals surface area contributed by atoms with Crippen LogP contribution in [-0.4, -0.2) is 23.6 Å². The van der Waals surface area contributed by atoms with Gasteiger partial charge in [-0.2, -0.15) is 4.98 Å². The molecule has 0 amide bonds. The van der Waals surface area contributed by atoms with Crippen LogP contribution in [0.5, 0.6) is 0 Å². The maximum Gasteiger partial charge on any atom is 0.224 e. The van der Waals surface area contributed by atoms with E-state index in [1.165, 1.54) is 4.88 Å². The Balaban J connectivity index is 2.08. The minimum Gasteiger partial charge on any atom is -0.354 e. The lowest BCUT2D eigenvalue weighted by atomic mass is 10.4. The molecule has 0 radical (unpaired) electrons. The molecule has 0 bridgehead atoms. The molecular weight excluding hydrogens is 268 g/mol. The summed E-state index contributed by atoms with van der Waals surface area (Å²) in [6.07, 6.45) is 1.76. The summed E-state index contributed by atoms with van der Waals surface area (Å²) >= 11 is 7.51. The molecule has 0 aromatic carbocycles. The maximum absolute atomic E-state index is 5.92. The van der Waals surface area contributed by atoms with E-state index in [2.05, 4.69) is 20.2 Å². The summed E-state index contributed by atoms with van der Waals surface area (Å²) in [5.74, 6) is 1.55. The number of rotatable bonds is 5. The van der Waals surface area contributed by atoms with E-state index in [1.54, 1.807) is 17.5 Å². The lowest BCUT2D eigenvalue weighted by Gasteiger charge is -2.17. The second kappa shape index (κ2) is 6.02. The average Bonchev–Trinajstić information content (AvgIpc) is 2.75. The quantitative estimate of drug-likeness (QED) is 0.914. The van der Waals surface area contributed by atoms with Crippen molar-refractivity contribution in [3.8, 4) is 0 Å². The van der Waals surface area contributed by atoms with Crippen LogP contribution in [0.2, 0.25) is 4.34 Å². The van der Waals surface area contributed by atoms with Crippen LogP contribution in [0, 0.1) is 0 Å². The first kappa shape index (κ1) is 13.1. The van der Waals surface area contributed by atoms with E-state index < -0.39 is 0 Å². The smallest absolute Gasteiger partial charge is 0.224 e. The summed E-state index contributed by atoms with van der Waals surface area (Å²) in [5, 5.41) is 3.10. The van der Waals surface area contributed by atoms with Gasteiger partial charge in [-0.25, -0.2) is 4.98 Å². The second-order valence-electron chi connectivity index (χ2n) is 3.83. The van der Waals surface area contributed by atoms with Crippen molar-refractivity contribution in [3.05, 3.63) is 33.6 Å². The fraction of sp³-hybridized carbons (Fsp3) is 0.333. The monoisotopic (exact) mass is 282 g/mol. The number of halogens is 1. The number of hydrogen-bond acceptors (Lipinski definition) is 5. The fourth-order valence-corrected chi connectivity index (χ4v) is 2.70. The first-order chi connectivity index (χ1) is 8.69. The zero-order chi connectivity index (χ0) is 13.0. The molecule has 6 heteroatoms. The Morgan fingerprint density at radius 1 is 1.39 bits per heavy atom. The lowest BCUT2D eigenvalue weighted by molar-refractivity contribution is 0.903. The topological polar surface area (TPSA) is 41.1 Å². The molecule has 0 aliphatic rings. The molecule has 0 atom stereocenters. The van der Waals surface area contributed by atoms with Crippen LogP contribution in [-0.2, 0) is 6.54 Å². The third-order valence-corrected chi connectivity index (χ3v) is 3.60. The van der Waals surface area contributed by atoms with Crippen molar-refractivity contribution in [3.63, 3.8) is 0 Å². The Kier molecular flexibility index (Phi) is 4.38. The number of thiophene rings is 1. The van der Waals surface area contributed by atoms with Crippen LogP contribution in [0.25, 0.3) is 0 Å². The normalized spacial score (nSPS) is 10.4. The zero-order valence-corrected chi connectivity index (χ0v) is 11.9. The van der Waals surface area contributed by atoms with Gasteiger partial charge >= 0.3 is 0 Å². The van der Waals surface area contributed by atoms with Crippen LogP contribution >= 0.6 is 22.9 Å². The molecule has 2 aromatic heterocycles. The lowest BCUT2D eigenvalue weighted by Crippen LogP contribution is -2.17. The Labute approximate surface area is 116 Å². The van der Waals surface area contributed by atoms with E-state index in [0.717, 1.165) is 23.2 Å². The van der Waals surface area contributed by atoms with Crippen molar-refractivity contribution in [2.45, 2.75) is 13.5 Å². The van der Waals surface area contributed by atoms with Gasteiger partial charge in [-0.3, -0.25) is 0 Å². The molecular formula is C12H15ClN4S. The highest BCUT2D eigenvalue weighted by Gasteiger charge is 2.06. The molecule has 0 saturated carbocycles. The predicted molar refractivity (Wildman–Crippen MR) is 77.6 cm³/mol. The minimum absolute atomic E-state index is 0.658. The Morgan fingerprint density at radius 2 is 2.22 bits per heavy atom. The minimum atomic E-state index is 0.658. The summed E-state index contributed by atoms with van der Waals surface area (Å²) in [5.41, 5.74) is 0. The van der Waals surface area contributed by atoms with E-state index in [4.69, 9.17) is 11.6 Å².